The van der Waals surface area contributed by atoms with Crippen LogP contribution in [-0.2, 0) is 28.5 Å². The number of piperidine rings is 2. The number of hydrogen-bond donors (Lipinski definition) is 4. The van der Waals surface area contributed by atoms with Gasteiger partial charge < -0.3 is 30.2 Å². The van der Waals surface area contributed by atoms with Crippen molar-refractivity contribution in [3.05, 3.63) is 69.7 Å². The molecule has 276 valence electrons. The lowest BCUT2D eigenvalue weighted by Crippen LogP contribution is -2.39. The molecular formula is C37H41ClN10O5. The summed E-state index contributed by atoms with van der Waals surface area (Å²) in [7, 11) is 5.04. The zero-order chi connectivity index (χ0) is 37.2. The van der Waals surface area contributed by atoms with E-state index in [1.807, 2.05) is 48.1 Å². The number of amides is 3. The molecule has 2 saturated heterocycles. The van der Waals surface area contributed by atoms with Crippen LogP contribution in [0.5, 0.6) is 5.75 Å². The molecule has 2 fully saturated rings. The Hall–Kier alpha value is -5.70. The molecule has 3 aromatic heterocycles. The zero-order valence-electron chi connectivity index (χ0n) is 29.7. The first kappa shape index (κ1) is 35.7. The van der Waals surface area contributed by atoms with Gasteiger partial charge in [0, 0.05) is 63.7 Å². The molecule has 15 nitrogen and oxygen atoms in total. The van der Waals surface area contributed by atoms with Crippen molar-refractivity contribution in [2.45, 2.75) is 38.0 Å². The van der Waals surface area contributed by atoms with Crippen LogP contribution in [0.15, 0.2) is 53.5 Å². The number of aromatic nitrogens is 5. The number of aryl methyl sites for hydroxylation is 2. The Morgan fingerprint density at radius 1 is 1.11 bits per heavy atom. The Morgan fingerprint density at radius 3 is 2.77 bits per heavy atom. The Labute approximate surface area is 310 Å². The van der Waals surface area contributed by atoms with Gasteiger partial charge >= 0.3 is 0 Å². The molecule has 5 heterocycles. The van der Waals surface area contributed by atoms with E-state index in [4.69, 9.17) is 26.4 Å². The first-order chi connectivity index (χ1) is 25.6. The van der Waals surface area contributed by atoms with Crippen LogP contribution in [0.3, 0.4) is 0 Å². The van der Waals surface area contributed by atoms with Gasteiger partial charge in [0.25, 0.3) is 11.5 Å². The number of imide groups is 1. The van der Waals surface area contributed by atoms with Crippen molar-refractivity contribution in [2.24, 2.45) is 20.0 Å². The highest BCUT2D eigenvalue weighted by molar-refractivity contribution is 6.33. The van der Waals surface area contributed by atoms with Crippen molar-refractivity contribution in [3.8, 4) is 5.75 Å². The molecule has 53 heavy (non-hydrogen) atoms. The summed E-state index contributed by atoms with van der Waals surface area (Å²) in [6.45, 7) is 2.10. The van der Waals surface area contributed by atoms with E-state index in [2.05, 4.69) is 31.2 Å². The second-order valence-corrected chi connectivity index (χ2v) is 13.9. The van der Waals surface area contributed by atoms with E-state index in [9.17, 15) is 19.2 Å². The van der Waals surface area contributed by atoms with Crippen LogP contribution >= 0.6 is 11.6 Å². The number of rotatable bonds is 11. The number of para-hydroxylation sites is 1. The Balaban J connectivity index is 1.01. The SMILES string of the molecule is CNC(=O)COc1cc2cc(Nc3nc(N4CCC[C@H](CCNc5cccc6c(C7CCC(=O)NC7=O)nn(C)c56)C4)ncc3Cl)ccc2n(C)c1=O. The van der Waals surface area contributed by atoms with E-state index < -0.39 is 5.92 Å². The number of likely N-dealkylation sites (N-methyl/N-ethyl adjacent to an activating group) is 1. The lowest BCUT2D eigenvalue weighted by Gasteiger charge is -2.33. The van der Waals surface area contributed by atoms with E-state index in [-0.39, 0.29) is 35.6 Å². The van der Waals surface area contributed by atoms with E-state index in [0.717, 1.165) is 60.9 Å². The van der Waals surface area contributed by atoms with Gasteiger partial charge in [0.2, 0.25) is 17.8 Å². The van der Waals surface area contributed by atoms with Gasteiger partial charge in [-0.15, -0.1) is 0 Å². The molecule has 7 rings (SSSR count). The number of halogens is 1. The average Bonchev–Trinajstić information content (AvgIpc) is 3.49. The van der Waals surface area contributed by atoms with Gasteiger partial charge in [0.05, 0.1) is 34.5 Å². The topological polar surface area (TPSA) is 177 Å². The molecule has 0 bridgehead atoms. The van der Waals surface area contributed by atoms with Crippen LogP contribution in [0, 0.1) is 5.92 Å². The Kier molecular flexibility index (Phi) is 10.2. The van der Waals surface area contributed by atoms with E-state index >= 15 is 0 Å². The van der Waals surface area contributed by atoms with Crippen molar-refractivity contribution in [3.63, 3.8) is 0 Å². The second-order valence-electron chi connectivity index (χ2n) is 13.5. The Morgan fingerprint density at radius 2 is 1.96 bits per heavy atom. The van der Waals surface area contributed by atoms with Crippen molar-refractivity contribution < 1.29 is 19.1 Å². The van der Waals surface area contributed by atoms with Crippen LogP contribution in [-0.4, -0.2) is 75.3 Å². The summed E-state index contributed by atoms with van der Waals surface area (Å²) in [6.07, 6.45) is 5.37. The summed E-state index contributed by atoms with van der Waals surface area (Å²) in [4.78, 5) is 60.4. The largest absolute Gasteiger partial charge is 0.478 e. The molecule has 2 aliphatic heterocycles. The minimum absolute atomic E-state index is 0.0749. The van der Waals surface area contributed by atoms with Gasteiger partial charge in [0.15, 0.2) is 18.2 Å². The molecule has 16 heteroatoms. The van der Waals surface area contributed by atoms with Gasteiger partial charge in [-0.2, -0.15) is 10.1 Å². The van der Waals surface area contributed by atoms with Crippen molar-refractivity contribution >= 4 is 74.3 Å². The number of nitrogens with zero attached hydrogens (tertiary/aromatic N) is 6. The molecule has 0 spiro atoms. The molecule has 5 aromatic rings. The minimum atomic E-state index is -0.453. The number of nitrogens with one attached hydrogen (secondary N) is 4. The number of ether oxygens (including phenoxy) is 1. The number of carbonyl (C=O) groups excluding carboxylic acids is 3. The van der Waals surface area contributed by atoms with Crippen molar-refractivity contribution in [1.82, 2.24) is 34.9 Å². The summed E-state index contributed by atoms with van der Waals surface area (Å²) in [5.74, 6) is 0.202. The summed E-state index contributed by atoms with van der Waals surface area (Å²) >= 11 is 6.57. The smallest absolute Gasteiger partial charge is 0.293 e. The van der Waals surface area contributed by atoms with Crippen LogP contribution in [0.2, 0.25) is 5.02 Å². The predicted molar refractivity (Wildman–Crippen MR) is 203 cm³/mol. The summed E-state index contributed by atoms with van der Waals surface area (Å²) in [5, 5.41) is 18.6. The van der Waals surface area contributed by atoms with Crippen LogP contribution in [0.4, 0.5) is 23.1 Å². The number of carbonyl (C=O) groups is 3. The minimum Gasteiger partial charge on any atom is -0.478 e. The molecule has 3 amide bonds. The van der Waals surface area contributed by atoms with Gasteiger partial charge in [-0.3, -0.25) is 29.2 Å². The molecule has 0 aliphatic carbocycles. The fourth-order valence-electron chi connectivity index (χ4n) is 7.20. The molecule has 2 aliphatic rings. The second kappa shape index (κ2) is 15.1. The molecule has 2 atom stereocenters. The molecule has 2 aromatic carbocycles. The maximum absolute atomic E-state index is 12.8. The van der Waals surface area contributed by atoms with Crippen molar-refractivity contribution in [2.75, 3.05) is 48.8 Å². The third-order valence-corrected chi connectivity index (χ3v) is 10.2. The Bertz CT molecular complexity index is 2290. The predicted octanol–water partition coefficient (Wildman–Crippen LogP) is 3.98. The zero-order valence-corrected chi connectivity index (χ0v) is 30.5. The van der Waals surface area contributed by atoms with Gasteiger partial charge in [-0.25, -0.2) is 4.98 Å². The summed E-state index contributed by atoms with van der Waals surface area (Å²) in [6, 6.07) is 13.1. The third-order valence-electron chi connectivity index (χ3n) is 9.96. The molecule has 0 saturated carbocycles. The summed E-state index contributed by atoms with van der Waals surface area (Å²) in [5.41, 5.74) is 3.64. The highest BCUT2D eigenvalue weighted by Crippen LogP contribution is 2.34. The molecule has 1 unspecified atom stereocenters. The molecule has 0 radical (unpaired) electrons. The normalized spacial score (nSPS) is 17.5. The van der Waals surface area contributed by atoms with Gasteiger partial charge in [-0.05, 0) is 61.9 Å². The van der Waals surface area contributed by atoms with Gasteiger partial charge in [0.1, 0.15) is 5.02 Å². The summed E-state index contributed by atoms with van der Waals surface area (Å²) < 4.78 is 8.79. The fourth-order valence-corrected chi connectivity index (χ4v) is 7.33. The lowest BCUT2D eigenvalue weighted by atomic mass is 9.92. The average molecular weight is 741 g/mol. The maximum Gasteiger partial charge on any atom is 0.293 e. The van der Waals surface area contributed by atoms with Crippen LogP contribution < -0.4 is 36.5 Å². The fraction of sp³-hybridized carbons (Fsp3) is 0.378. The maximum atomic E-state index is 12.8. The first-order valence-electron chi connectivity index (χ1n) is 17.6. The van der Waals surface area contributed by atoms with Crippen LogP contribution in [0.25, 0.3) is 21.8 Å². The number of anilines is 4. The first-order valence-corrected chi connectivity index (χ1v) is 18.0. The number of benzene rings is 2. The molecular weight excluding hydrogens is 700 g/mol. The highest BCUT2D eigenvalue weighted by Gasteiger charge is 2.32. The quantitative estimate of drug-likeness (QED) is 0.144. The van der Waals surface area contributed by atoms with E-state index in [1.165, 1.54) is 11.6 Å². The van der Waals surface area contributed by atoms with E-state index in [0.29, 0.717) is 52.4 Å². The highest BCUT2D eigenvalue weighted by atomic mass is 35.5. The van der Waals surface area contributed by atoms with Crippen LogP contribution in [0.1, 0.15) is 43.7 Å². The standard InChI is InChI=1S/C37H41ClN10O5/c1-39-31(50)20-53-29-17-22-16-23(9-11-28(22)46(2)36(29)52)42-34-26(38)18-41-37(44-34)48-15-5-6-21(19-48)13-14-40-27-8-4-7-24-32(45-47(3)33(24)27)25-10-12-30(49)43-35(25)51/h4,7-9,11,16-18,21,25,40H,5-6,10,12-15,19-20H2,1-3H3,(H,39,50)(H,41,42,44)(H,43,49,51)/t21-,25?/m1/s1. The van der Waals surface area contributed by atoms with E-state index in [1.54, 1.807) is 19.3 Å². The number of hydrogen-bond acceptors (Lipinski definition) is 11. The molecule has 4 N–H and O–H groups in total. The third kappa shape index (κ3) is 7.47. The lowest BCUT2D eigenvalue weighted by molar-refractivity contribution is -0.134. The van der Waals surface area contributed by atoms with Gasteiger partial charge in [-0.1, -0.05) is 23.7 Å². The number of fused-ring (bicyclic) bond motifs is 2. The monoisotopic (exact) mass is 740 g/mol. The van der Waals surface area contributed by atoms with Crippen molar-refractivity contribution in [1.29, 1.82) is 0 Å². The number of pyridine rings is 1.